The molecule has 1 heterocycles. The van der Waals surface area contributed by atoms with Crippen molar-refractivity contribution < 1.29 is 14.3 Å². The zero-order chi connectivity index (χ0) is 16.3. The minimum absolute atomic E-state index is 0.0857. The van der Waals surface area contributed by atoms with Crippen molar-refractivity contribution in [1.82, 2.24) is 10.2 Å². The number of nitrogens with one attached hydrogen (secondary N) is 1. The van der Waals surface area contributed by atoms with Gasteiger partial charge in [0.15, 0.2) is 0 Å². The monoisotopic (exact) mass is 310 g/mol. The molecule has 1 amide bonds. The van der Waals surface area contributed by atoms with E-state index in [0.717, 1.165) is 25.4 Å². The first-order valence-electron chi connectivity index (χ1n) is 8.38. The van der Waals surface area contributed by atoms with Crippen LogP contribution in [0.4, 0.5) is 0 Å². The van der Waals surface area contributed by atoms with Gasteiger partial charge in [0, 0.05) is 24.5 Å². The van der Waals surface area contributed by atoms with Crippen LogP contribution in [0.15, 0.2) is 0 Å². The number of esters is 1. The van der Waals surface area contributed by atoms with Crippen molar-refractivity contribution in [2.45, 2.75) is 52.5 Å². The van der Waals surface area contributed by atoms with Crippen LogP contribution in [0.1, 0.15) is 46.5 Å². The van der Waals surface area contributed by atoms with Gasteiger partial charge in [-0.25, -0.2) is 0 Å². The number of carbonyl (C=O) groups is 2. The highest BCUT2D eigenvalue weighted by Gasteiger charge is 2.34. The molecule has 0 bridgehead atoms. The molecule has 0 aromatic heterocycles. The fourth-order valence-corrected chi connectivity index (χ4v) is 3.18. The van der Waals surface area contributed by atoms with Gasteiger partial charge in [0.2, 0.25) is 5.91 Å². The van der Waals surface area contributed by atoms with Gasteiger partial charge in [0.05, 0.1) is 13.7 Å². The first kappa shape index (κ1) is 17.3. The number of ether oxygens (including phenoxy) is 1. The van der Waals surface area contributed by atoms with E-state index in [1.165, 1.54) is 26.4 Å². The summed E-state index contributed by atoms with van der Waals surface area (Å²) >= 11 is 0. The summed E-state index contributed by atoms with van der Waals surface area (Å²) in [5.74, 6) is 1.31. The zero-order valence-corrected chi connectivity index (χ0v) is 14.4. The third-order valence-electron chi connectivity index (χ3n) is 4.57. The van der Waals surface area contributed by atoms with Gasteiger partial charge >= 0.3 is 5.97 Å². The lowest BCUT2D eigenvalue weighted by Gasteiger charge is -2.38. The SMILES string of the molecule is COC(=O)CN1CC(CC2CC2)CC(NC(=O)C(C)(C)C)C1. The van der Waals surface area contributed by atoms with Crippen LogP contribution in [-0.2, 0) is 14.3 Å². The maximum atomic E-state index is 12.2. The van der Waals surface area contributed by atoms with Crippen molar-refractivity contribution in [2.75, 3.05) is 26.7 Å². The number of nitrogens with zero attached hydrogens (tertiary/aromatic N) is 1. The fraction of sp³-hybridized carbons (Fsp3) is 0.882. The summed E-state index contributed by atoms with van der Waals surface area (Å²) in [6, 6.07) is 0.133. The summed E-state index contributed by atoms with van der Waals surface area (Å²) in [5.41, 5.74) is -0.378. The normalized spacial score (nSPS) is 26.5. The first-order valence-corrected chi connectivity index (χ1v) is 8.38. The molecule has 22 heavy (non-hydrogen) atoms. The molecule has 0 spiro atoms. The zero-order valence-electron chi connectivity index (χ0n) is 14.4. The van der Waals surface area contributed by atoms with Gasteiger partial charge in [-0.05, 0) is 24.7 Å². The molecule has 0 aromatic rings. The summed E-state index contributed by atoms with van der Waals surface area (Å²) < 4.78 is 4.78. The van der Waals surface area contributed by atoms with Crippen LogP contribution in [0, 0.1) is 17.3 Å². The largest absolute Gasteiger partial charge is 0.468 e. The van der Waals surface area contributed by atoms with E-state index in [-0.39, 0.29) is 23.3 Å². The second kappa shape index (κ2) is 6.99. The van der Waals surface area contributed by atoms with Crippen molar-refractivity contribution in [1.29, 1.82) is 0 Å². The smallest absolute Gasteiger partial charge is 0.319 e. The second-order valence-corrected chi connectivity index (χ2v) is 7.97. The van der Waals surface area contributed by atoms with Crippen molar-refractivity contribution in [3.8, 4) is 0 Å². The lowest BCUT2D eigenvalue weighted by molar-refractivity contribution is -0.142. The van der Waals surface area contributed by atoms with Gasteiger partial charge < -0.3 is 10.1 Å². The van der Waals surface area contributed by atoms with E-state index in [0.29, 0.717) is 12.5 Å². The minimum atomic E-state index is -0.378. The molecule has 1 saturated carbocycles. The summed E-state index contributed by atoms with van der Waals surface area (Å²) in [6.07, 6.45) is 4.93. The Bertz CT molecular complexity index is 413. The highest BCUT2D eigenvalue weighted by Crippen LogP contribution is 2.37. The maximum Gasteiger partial charge on any atom is 0.319 e. The lowest BCUT2D eigenvalue weighted by atomic mass is 9.88. The number of carbonyl (C=O) groups excluding carboxylic acids is 2. The van der Waals surface area contributed by atoms with E-state index in [1.54, 1.807) is 0 Å². The van der Waals surface area contributed by atoms with Gasteiger partial charge in [0.25, 0.3) is 0 Å². The molecule has 126 valence electrons. The van der Waals surface area contributed by atoms with Crippen LogP contribution in [-0.4, -0.2) is 49.6 Å². The Hall–Kier alpha value is -1.10. The number of rotatable bonds is 5. The number of piperidine rings is 1. The molecule has 2 rings (SSSR count). The van der Waals surface area contributed by atoms with E-state index in [2.05, 4.69) is 10.2 Å². The second-order valence-electron chi connectivity index (χ2n) is 7.97. The molecule has 1 aliphatic carbocycles. The highest BCUT2D eigenvalue weighted by atomic mass is 16.5. The predicted molar refractivity (Wildman–Crippen MR) is 85.3 cm³/mol. The fourth-order valence-electron chi connectivity index (χ4n) is 3.18. The lowest BCUT2D eigenvalue weighted by Crippen LogP contribution is -2.53. The quantitative estimate of drug-likeness (QED) is 0.787. The molecule has 2 unspecified atom stereocenters. The Morgan fingerprint density at radius 3 is 2.41 bits per heavy atom. The number of methoxy groups -OCH3 is 1. The van der Waals surface area contributed by atoms with Gasteiger partial charge in [-0.3, -0.25) is 14.5 Å². The Balaban J connectivity index is 1.94. The van der Waals surface area contributed by atoms with E-state index in [1.807, 2.05) is 20.8 Å². The number of amides is 1. The van der Waals surface area contributed by atoms with Crippen LogP contribution >= 0.6 is 0 Å². The van der Waals surface area contributed by atoms with E-state index in [9.17, 15) is 9.59 Å². The van der Waals surface area contributed by atoms with Crippen LogP contribution in [0.3, 0.4) is 0 Å². The van der Waals surface area contributed by atoms with Crippen molar-refractivity contribution in [2.24, 2.45) is 17.3 Å². The molecular formula is C17H30N2O3. The van der Waals surface area contributed by atoms with Crippen molar-refractivity contribution in [3.05, 3.63) is 0 Å². The Kier molecular flexibility index (Phi) is 5.48. The van der Waals surface area contributed by atoms with Crippen LogP contribution in [0.25, 0.3) is 0 Å². The average Bonchev–Trinajstić information content (AvgIpc) is 3.21. The summed E-state index contributed by atoms with van der Waals surface area (Å²) in [4.78, 5) is 25.9. The van der Waals surface area contributed by atoms with E-state index in [4.69, 9.17) is 4.74 Å². The molecule has 5 heteroatoms. The summed E-state index contributed by atoms with van der Waals surface area (Å²) in [6.45, 7) is 7.78. The molecule has 2 fully saturated rings. The van der Waals surface area contributed by atoms with Gasteiger partial charge in [-0.1, -0.05) is 33.6 Å². The van der Waals surface area contributed by atoms with Crippen LogP contribution < -0.4 is 5.32 Å². The van der Waals surface area contributed by atoms with Crippen LogP contribution in [0.2, 0.25) is 0 Å². The molecule has 2 aliphatic rings. The molecule has 0 aromatic carbocycles. The Labute approximate surface area is 133 Å². The highest BCUT2D eigenvalue weighted by molar-refractivity contribution is 5.81. The summed E-state index contributed by atoms with van der Waals surface area (Å²) in [7, 11) is 1.42. The standard InChI is InChI=1S/C17H30N2O3/c1-17(2,3)16(21)18-14-8-13(7-12-5-6-12)9-19(10-14)11-15(20)22-4/h12-14H,5-11H2,1-4H3,(H,18,21). The van der Waals surface area contributed by atoms with Gasteiger partial charge in [0.1, 0.15) is 0 Å². The van der Waals surface area contributed by atoms with Crippen molar-refractivity contribution in [3.63, 3.8) is 0 Å². The Morgan fingerprint density at radius 1 is 1.18 bits per heavy atom. The number of hydrogen-bond acceptors (Lipinski definition) is 4. The number of likely N-dealkylation sites (tertiary alicyclic amines) is 1. The molecule has 1 saturated heterocycles. The predicted octanol–water partition coefficient (Wildman–Crippen LogP) is 1.81. The van der Waals surface area contributed by atoms with Crippen molar-refractivity contribution >= 4 is 11.9 Å². The molecule has 2 atom stereocenters. The Morgan fingerprint density at radius 2 is 1.86 bits per heavy atom. The molecule has 5 nitrogen and oxygen atoms in total. The number of hydrogen-bond donors (Lipinski definition) is 1. The third kappa shape index (κ3) is 5.27. The molecule has 1 N–H and O–H groups in total. The topological polar surface area (TPSA) is 58.6 Å². The van der Waals surface area contributed by atoms with Gasteiger partial charge in [-0.15, -0.1) is 0 Å². The molecule has 0 radical (unpaired) electrons. The molecule has 1 aliphatic heterocycles. The van der Waals surface area contributed by atoms with E-state index >= 15 is 0 Å². The summed E-state index contributed by atoms with van der Waals surface area (Å²) in [5, 5.41) is 3.17. The third-order valence-corrected chi connectivity index (χ3v) is 4.57. The van der Waals surface area contributed by atoms with Gasteiger partial charge in [-0.2, -0.15) is 0 Å². The average molecular weight is 310 g/mol. The van der Waals surface area contributed by atoms with E-state index < -0.39 is 0 Å². The minimum Gasteiger partial charge on any atom is -0.468 e. The molecular weight excluding hydrogens is 280 g/mol. The maximum absolute atomic E-state index is 12.2. The van der Waals surface area contributed by atoms with Crippen LogP contribution in [0.5, 0.6) is 0 Å². The first-order chi connectivity index (χ1) is 10.3.